The van der Waals surface area contributed by atoms with Crippen molar-refractivity contribution < 1.29 is 4.57 Å². The molecule has 1 aliphatic carbocycles. The standard InChI is InChI=1S/C22H22N/c1-14-12-19-18-10-6-5-9-17(18)13-20(19)22(16(14)3)21-11-7-8-15(2)23(21)4/h5-12H,13H2,1-4H3/q+1. The van der Waals surface area contributed by atoms with Gasteiger partial charge >= 0.3 is 0 Å². The summed E-state index contributed by atoms with van der Waals surface area (Å²) in [4.78, 5) is 0. The molecule has 3 aromatic rings. The van der Waals surface area contributed by atoms with E-state index >= 15 is 0 Å². The van der Waals surface area contributed by atoms with Crippen LogP contribution in [0.1, 0.15) is 27.9 Å². The molecule has 0 fully saturated rings. The van der Waals surface area contributed by atoms with Crippen LogP contribution in [0.5, 0.6) is 0 Å². The summed E-state index contributed by atoms with van der Waals surface area (Å²) in [5.41, 5.74) is 12.5. The van der Waals surface area contributed by atoms with Crippen LogP contribution in [0.2, 0.25) is 0 Å². The summed E-state index contributed by atoms with van der Waals surface area (Å²) < 4.78 is 2.31. The molecule has 0 spiro atoms. The molecule has 0 bridgehead atoms. The predicted molar refractivity (Wildman–Crippen MR) is 95.5 cm³/mol. The lowest BCUT2D eigenvalue weighted by Gasteiger charge is -2.14. The molecule has 0 unspecified atom stereocenters. The van der Waals surface area contributed by atoms with Gasteiger partial charge in [-0.1, -0.05) is 30.3 Å². The van der Waals surface area contributed by atoms with Crippen molar-refractivity contribution in [3.05, 3.63) is 76.5 Å². The summed E-state index contributed by atoms with van der Waals surface area (Å²) >= 11 is 0. The molecule has 1 heterocycles. The van der Waals surface area contributed by atoms with Crippen LogP contribution in [-0.2, 0) is 13.5 Å². The van der Waals surface area contributed by atoms with Crippen LogP contribution in [0.4, 0.5) is 0 Å². The van der Waals surface area contributed by atoms with Crippen molar-refractivity contribution in [3.8, 4) is 22.4 Å². The number of fused-ring (bicyclic) bond motifs is 3. The molecule has 4 rings (SSSR count). The molecule has 114 valence electrons. The number of aryl methyl sites for hydroxylation is 2. The summed E-state index contributed by atoms with van der Waals surface area (Å²) in [6, 6.07) is 17.8. The average Bonchev–Trinajstić information content (AvgIpc) is 2.90. The van der Waals surface area contributed by atoms with Crippen molar-refractivity contribution in [1.82, 2.24) is 0 Å². The third-order valence-electron chi connectivity index (χ3n) is 5.37. The number of nitrogens with zero attached hydrogens (tertiary/aromatic N) is 1. The van der Waals surface area contributed by atoms with Crippen molar-refractivity contribution in [2.24, 2.45) is 7.05 Å². The van der Waals surface area contributed by atoms with Gasteiger partial charge < -0.3 is 0 Å². The summed E-state index contributed by atoms with van der Waals surface area (Å²) in [7, 11) is 2.17. The van der Waals surface area contributed by atoms with E-state index in [0.29, 0.717) is 0 Å². The van der Waals surface area contributed by atoms with Gasteiger partial charge in [-0.2, -0.15) is 4.57 Å². The van der Waals surface area contributed by atoms with Gasteiger partial charge in [-0.05, 0) is 59.7 Å². The summed E-state index contributed by atoms with van der Waals surface area (Å²) in [6.07, 6.45) is 1.04. The topological polar surface area (TPSA) is 3.88 Å². The SMILES string of the molecule is Cc1cc2c(c(-c3cccc(C)[n+]3C)c1C)Cc1ccccc1-2. The second-order valence-corrected chi connectivity index (χ2v) is 6.66. The van der Waals surface area contributed by atoms with Crippen LogP contribution in [0.3, 0.4) is 0 Å². The van der Waals surface area contributed by atoms with E-state index in [1.54, 1.807) is 0 Å². The fraction of sp³-hybridized carbons (Fsp3) is 0.227. The van der Waals surface area contributed by atoms with E-state index in [2.05, 4.69) is 80.9 Å². The highest BCUT2D eigenvalue weighted by molar-refractivity contribution is 5.85. The Bertz CT molecular complexity index is 935. The monoisotopic (exact) mass is 300 g/mol. The van der Waals surface area contributed by atoms with Gasteiger partial charge in [-0.3, -0.25) is 0 Å². The van der Waals surface area contributed by atoms with Crippen LogP contribution in [0.25, 0.3) is 22.4 Å². The molecule has 0 radical (unpaired) electrons. The lowest BCUT2D eigenvalue weighted by atomic mass is 9.90. The average molecular weight is 300 g/mol. The zero-order valence-corrected chi connectivity index (χ0v) is 14.3. The largest absolute Gasteiger partial charge is 0.213 e. The van der Waals surface area contributed by atoms with Gasteiger partial charge in [0.15, 0.2) is 5.69 Å². The smallest absolute Gasteiger partial charge is 0.199 e. The maximum atomic E-state index is 2.37. The first-order valence-electron chi connectivity index (χ1n) is 8.25. The summed E-state index contributed by atoms with van der Waals surface area (Å²) in [6.45, 7) is 6.66. The van der Waals surface area contributed by atoms with E-state index in [4.69, 9.17) is 0 Å². The highest BCUT2D eigenvalue weighted by atomic mass is 14.9. The Hall–Kier alpha value is -2.41. The quantitative estimate of drug-likeness (QED) is 0.450. The molecule has 1 aliphatic rings. The first-order chi connectivity index (χ1) is 11.1. The Kier molecular flexibility index (Phi) is 3.12. The molecule has 0 saturated carbocycles. The van der Waals surface area contributed by atoms with Crippen LogP contribution in [0, 0.1) is 20.8 Å². The van der Waals surface area contributed by atoms with E-state index in [1.807, 2.05) is 0 Å². The van der Waals surface area contributed by atoms with Gasteiger partial charge in [0.25, 0.3) is 0 Å². The van der Waals surface area contributed by atoms with Crippen LogP contribution in [0.15, 0.2) is 48.5 Å². The first kappa shape index (κ1) is 14.2. The van der Waals surface area contributed by atoms with E-state index < -0.39 is 0 Å². The van der Waals surface area contributed by atoms with Crippen molar-refractivity contribution in [2.75, 3.05) is 0 Å². The van der Waals surface area contributed by atoms with Crippen LogP contribution in [-0.4, -0.2) is 0 Å². The Morgan fingerprint density at radius 2 is 1.65 bits per heavy atom. The third kappa shape index (κ3) is 2.03. The maximum absolute atomic E-state index is 2.37. The number of hydrogen-bond donors (Lipinski definition) is 0. The van der Waals surface area contributed by atoms with E-state index in [9.17, 15) is 0 Å². The molecule has 0 atom stereocenters. The first-order valence-corrected chi connectivity index (χ1v) is 8.25. The molecule has 0 aliphatic heterocycles. The van der Waals surface area contributed by atoms with E-state index in [1.165, 1.54) is 50.3 Å². The van der Waals surface area contributed by atoms with Gasteiger partial charge in [-0.25, -0.2) is 0 Å². The normalized spacial score (nSPS) is 12.2. The summed E-state index contributed by atoms with van der Waals surface area (Å²) in [5, 5.41) is 0. The molecule has 2 aromatic carbocycles. The second-order valence-electron chi connectivity index (χ2n) is 6.66. The van der Waals surface area contributed by atoms with Gasteiger partial charge in [-0.15, -0.1) is 0 Å². The van der Waals surface area contributed by atoms with Gasteiger partial charge in [0, 0.05) is 19.1 Å². The fourth-order valence-corrected chi connectivity index (χ4v) is 3.81. The lowest BCUT2D eigenvalue weighted by molar-refractivity contribution is -0.666. The molecular weight excluding hydrogens is 278 g/mol. The molecule has 0 N–H and O–H groups in total. The minimum atomic E-state index is 1.04. The molecule has 23 heavy (non-hydrogen) atoms. The second kappa shape index (κ2) is 5.06. The Morgan fingerprint density at radius 1 is 0.870 bits per heavy atom. The van der Waals surface area contributed by atoms with E-state index in [0.717, 1.165) is 6.42 Å². The van der Waals surface area contributed by atoms with Crippen molar-refractivity contribution in [2.45, 2.75) is 27.2 Å². The van der Waals surface area contributed by atoms with Gasteiger partial charge in [0.2, 0.25) is 5.69 Å². The highest BCUT2D eigenvalue weighted by Crippen LogP contribution is 2.43. The van der Waals surface area contributed by atoms with Crippen molar-refractivity contribution >= 4 is 0 Å². The lowest BCUT2D eigenvalue weighted by Crippen LogP contribution is -2.34. The molecular formula is C22H22N+. The molecule has 0 amide bonds. The van der Waals surface area contributed by atoms with E-state index in [-0.39, 0.29) is 0 Å². The zero-order valence-electron chi connectivity index (χ0n) is 14.3. The van der Waals surface area contributed by atoms with Crippen LogP contribution < -0.4 is 4.57 Å². The molecule has 1 aromatic heterocycles. The Morgan fingerprint density at radius 3 is 2.48 bits per heavy atom. The number of rotatable bonds is 1. The summed E-state index contributed by atoms with van der Waals surface area (Å²) in [5.74, 6) is 0. The highest BCUT2D eigenvalue weighted by Gasteiger charge is 2.27. The van der Waals surface area contributed by atoms with Crippen molar-refractivity contribution in [3.63, 3.8) is 0 Å². The predicted octanol–water partition coefficient (Wildman–Crippen LogP) is 4.67. The Labute approximate surface area is 138 Å². The fourth-order valence-electron chi connectivity index (χ4n) is 3.81. The molecule has 1 heteroatoms. The zero-order chi connectivity index (χ0) is 16.1. The molecule has 1 nitrogen and oxygen atoms in total. The minimum absolute atomic E-state index is 1.04. The van der Waals surface area contributed by atoms with Gasteiger partial charge in [0.05, 0.1) is 5.56 Å². The number of benzene rings is 2. The Balaban J connectivity index is 2.06. The number of pyridine rings is 1. The number of aromatic nitrogens is 1. The third-order valence-corrected chi connectivity index (χ3v) is 5.37. The minimum Gasteiger partial charge on any atom is -0.199 e. The van der Waals surface area contributed by atoms with Crippen LogP contribution >= 0.6 is 0 Å². The molecule has 0 saturated heterocycles. The number of hydrogen-bond acceptors (Lipinski definition) is 0. The maximum Gasteiger partial charge on any atom is 0.213 e. The van der Waals surface area contributed by atoms with Crippen molar-refractivity contribution in [1.29, 1.82) is 0 Å². The van der Waals surface area contributed by atoms with Gasteiger partial charge in [0.1, 0.15) is 7.05 Å².